The highest BCUT2D eigenvalue weighted by Crippen LogP contribution is 2.34. The molecule has 1 saturated heterocycles. The average Bonchev–Trinajstić information content (AvgIpc) is 3.31. The van der Waals surface area contributed by atoms with Crippen LogP contribution in [0.1, 0.15) is 29.5 Å². The van der Waals surface area contributed by atoms with Crippen LogP contribution in [0.15, 0.2) is 48.2 Å². The van der Waals surface area contributed by atoms with Gasteiger partial charge in [-0.2, -0.15) is 5.10 Å². The van der Waals surface area contributed by atoms with Gasteiger partial charge in [-0.3, -0.25) is 4.68 Å². The van der Waals surface area contributed by atoms with E-state index in [9.17, 15) is 14.7 Å². The number of fused-ring (bicyclic) bond motifs is 2. The van der Waals surface area contributed by atoms with E-state index in [1.807, 2.05) is 61.2 Å². The van der Waals surface area contributed by atoms with E-state index < -0.39 is 18.2 Å². The molecule has 2 aliphatic heterocycles. The minimum Gasteiger partial charge on any atom is -0.467 e. The summed E-state index contributed by atoms with van der Waals surface area (Å²) in [4.78, 5) is 29.6. The number of piperidine rings is 1. The van der Waals surface area contributed by atoms with E-state index in [1.165, 1.54) is 12.0 Å². The third-order valence-corrected chi connectivity index (χ3v) is 7.88. The Morgan fingerprint density at radius 2 is 1.97 bits per heavy atom. The van der Waals surface area contributed by atoms with Gasteiger partial charge in [-0.15, -0.1) is 0 Å². The maximum atomic E-state index is 13.5. The molecule has 3 aromatic rings. The van der Waals surface area contributed by atoms with Gasteiger partial charge in [0.05, 0.1) is 18.8 Å². The fourth-order valence-corrected chi connectivity index (χ4v) is 5.83. The number of ether oxygens (including phenoxy) is 1. The Balaban J connectivity index is 1.27. The number of aryl methyl sites for hydroxylation is 2. The first-order valence-electron chi connectivity index (χ1n) is 13.0. The number of hydrogen-bond acceptors (Lipinski definition) is 6. The van der Waals surface area contributed by atoms with E-state index in [1.54, 1.807) is 11.9 Å². The number of nitrogens with zero attached hydrogens (tertiary/aromatic N) is 4. The van der Waals surface area contributed by atoms with Crippen molar-refractivity contribution in [2.75, 3.05) is 32.6 Å². The van der Waals surface area contributed by atoms with Crippen molar-refractivity contribution in [2.24, 2.45) is 13.0 Å². The molecule has 0 spiro atoms. The molecule has 0 bridgehead atoms. The number of carbonyl (C=O) groups excluding carboxylic acids is 2. The molecule has 2 atom stereocenters. The zero-order chi connectivity index (χ0) is 27.0. The second kappa shape index (κ2) is 10.5. The molecule has 2 N–H and O–H groups in total. The lowest BCUT2D eigenvalue weighted by atomic mass is 9.85. The number of amides is 2. The normalized spacial score (nSPS) is 18.4. The van der Waals surface area contributed by atoms with Crippen LogP contribution in [0.25, 0.3) is 17.0 Å². The number of likely N-dealkylation sites (N-methyl/N-ethyl adjacent to an activating group) is 1. The number of hydrogen-bond donors (Lipinski definition) is 2. The van der Waals surface area contributed by atoms with Gasteiger partial charge in [0.2, 0.25) is 0 Å². The lowest BCUT2D eigenvalue weighted by Gasteiger charge is -2.38. The van der Waals surface area contributed by atoms with Gasteiger partial charge in [0.15, 0.2) is 0 Å². The fourth-order valence-electron chi connectivity index (χ4n) is 5.83. The third kappa shape index (κ3) is 4.86. The molecule has 5 rings (SSSR count). The van der Waals surface area contributed by atoms with Gasteiger partial charge in [-0.05, 0) is 66.2 Å². The molecule has 1 fully saturated rings. The first-order chi connectivity index (χ1) is 18.3. The smallest absolute Gasteiger partial charge is 0.328 e. The van der Waals surface area contributed by atoms with Crippen LogP contribution in [0.2, 0.25) is 0 Å². The number of urea groups is 1. The first-order valence-corrected chi connectivity index (χ1v) is 13.0. The van der Waals surface area contributed by atoms with E-state index in [0.717, 1.165) is 51.7 Å². The lowest BCUT2D eigenvalue weighted by molar-refractivity contribution is -0.145. The van der Waals surface area contributed by atoms with Crippen molar-refractivity contribution in [3.8, 4) is 0 Å². The van der Waals surface area contributed by atoms with E-state index in [2.05, 4.69) is 16.5 Å². The second-order valence-electron chi connectivity index (χ2n) is 10.3. The van der Waals surface area contributed by atoms with Crippen molar-refractivity contribution < 1.29 is 19.4 Å². The van der Waals surface area contributed by atoms with Crippen LogP contribution in [-0.2, 0) is 23.0 Å². The third-order valence-electron chi connectivity index (χ3n) is 7.88. The van der Waals surface area contributed by atoms with E-state index in [4.69, 9.17) is 4.74 Å². The number of para-hydroxylation sites is 1. The van der Waals surface area contributed by atoms with Crippen LogP contribution in [0.4, 0.5) is 10.5 Å². The fraction of sp³-hybridized carbons (Fsp3) is 0.414. The highest BCUT2D eigenvalue weighted by Gasteiger charge is 2.34. The summed E-state index contributed by atoms with van der Waals surface area (Å²) in [6.07, 6.45) is 4.98. The van der Waals surface area contributed by atoms with Crippen LogP contribution >= 0.6 is 0 Å². The van der Waals surface area contributed by atoms with Crippen molar-refractivity contribution in [3.05, 3.63) is 64.9 Å². The van der Waals surface area contributed by atoms with Crippen LogP contribution in [-0.4, -0.2) is 76.2 Å². The number of aliphatic hydroxyl groups is 1. The monoisotopic (exact) mass is 517 g/mol. The predicted molar refractivity (Wildman–Crippen MR) is 146 cm³/mol. The summed E-state index contributed by atoms with van der Waals surface area (Å²) < 4.78 is 6.93. The van der Waals surface area contributed by atoms with Gasteiger partial charge < -0.3 is 25.0 Å². The molecule has 38 heavy (non-hydrogen) atoms. The Hall–Kier alpha value is -3.85. The van der Waals surface area contributed by atoms with Crippen molar-refractivity contribution in [3.63, 3.8) is 0 Å². The van der Waals surface area contributed by atoms with Gasteiger partial charge in [0.1, 0.15) is 12.3 Å². The molecule has 1 unspecified atom stereocenters. The average molecular weight is 518 g/mol. The molecule has 200 valence electrons. The number of rotatable bonds is 5. The zero-order valence-electron chi connectivity index (χ0n) is 22.3. The summed E-state index contributed by atoms with van der Waals surface area (Å²) in [5.74, 6) is -0.273. The van der Waals surface area contributed by atoms with Gasteiger partial charge in [0.25, 0.3) is 0 Å². The van der Waals surface area contributed by atoms with Gasteiger partial charge in [0, 0.05) is 44.7 Å². The van der Waals surface area contributed by atoms with Gasteiger partial charge in [-0.1, -0.05) is 24.3 Å². The SMILES string of the molecule is COC(=O)[C@@H](Cc1cc(C)c2c(cnn2C)c1)N(C)C(=O)N1CCC(C2=Cc3ccccc3NC2O)CC1. The van der Waals surface area contributed by atoms with Crippen molar-refractivity contribution in [2.45, 2.75) is 38.5 Å². The molecule has 2 aromatic carbocycles. The van der Waals surface area contributed by atoms with Gasteiger partial charge >= 0.3 is 12.0 Å². The topological polar surface area (TPSA) is 99.9 Å². The maximum absolute atomic E-state index is 13.5. The summed E-state index contributed by atoms with van der Waals surface area (Å²) >= 11 is 0. The number of likely N-dealkylation sites (tertiary alicyclic amines) is 1. The molecule has 9 heteroatoms. The number of anilines is 1. The lowest BCUT2D eigenvalue weighted by Crippen LogP contribution is -2.52. The standard InChI is InChI=1S/C29H35N5O4/c1-18-13-19(14-22-17-30-33(3)26(18)22)15-25(28(36)38-4)32(2)29(37)34-11-9-20(10-12-34)23-16-21-7-5-6-8-24(21)31-27(23)35/h5-8,13-14,16-17,20,25,27,31,35H,9-12,15H2,1-4H3/t25-,27?/m1/s1. The Morgan fingerprint density at radius 1 is 1.24 bits per heavy atom. The maximum Gasteiger partial charge on any atom is 0.328 e. The highest BCUT2D eigenvalue weighted by molar-refractivity contribution is 5.85. The minimum atomic E-state index is -0.748. The number of aromatic nitrogens is 2. The molecule has 9 nitrogen and oxygen atoms in total. The molecule has 2 amide bonds. The number of nitrogens with one attached hydrogen (secondary N) is 1. The van der Waals surface area contributed by atoms with Crippen LogP contribution < -0.4 is 5.32 Å². The minimum absolute atomic E-state index is 0.172. The van der Waals surface area contributed by atoms with Crippen molar-refractivity contribution in [1.29, 1.82) is 0 Å². The molecule has 0 saturated carbocycles. The first kappa shape index (κ1) is 25.8. The van der Waals surface area contributed by atoms with E-state index >= 15 is 0 Å². The Kier molecular flexibility index (Phi) is 7.12. The number of benzene rings is 2. The molecule has 0 radical (unpaired) electrons. The van der Waals surface area contributed by atoms with Crippen LogP contribution in [0.3, 0.4) is 0 Å². The Morgan fingerprint density at radius 3 is 2.71 bits per heavy atom. The Bertz CT molecular complexity index is 1390. The summed E-state index contributed by atoms with van der Waals surface area (Å²) in [6, 6.07) is 11.0. The quantitative estimate of drug-likeness (QED) is 0.502. The number of carbonyl (C=O) groups is 2. The van der Waals surface area contributed by atoms with Crippen LogP contribution in [0, 0.1) is 12.8 Å². The number of methoxy groups -OCH3 is 1. The zero-order valence-corrected chi connectivity index (χ0v) is 22.3. The highest BCUT2D eigenvalue weighted by atomic mass is 16.5. The summed E-state index contributed by atoms with van der Waals surface area (Å²) in [6.45, 7) is 3.12. The van der Waals surface area contributed by atoms with Crippen molar-refractivity contribution >= 4 is 34.7 Å². The summed E-state index contributed by atoms with van der Waals surface area (Å²) in [5, 5.41) is 19.2. The van der Waals surface area contributed by atoms with Crippen molar-refractivity contribution in [1.82, 2.24) is 19.6 Å². The largest absolute Gasteiger partial charge is 0.467 e. The van der Waals surface area contributed by atoms with Gasteiger partial charge in [-0.25, -0.2) is 9.59 Å². The summed E-state index contributed by atoms with van der Waals surface area (Å²) in [5.41, 5.74) is 6.00. The molecule has 3 heterocycles. The second-order valence-corrected chi connectivity index (χ2v) is 10.3. The summed E-state index contributed by atoms with van der Waals surface area (Å²) in [7, 11) is 4.92. The van der Waals surface area contributed by atoms with E-state index in [-0.39, 0.29) is 11.9 Å². The molecular weight excluding hydrogens is 482 g/mol. The predicted octanol–water partition coefficient (Wildman–Crippen LogP) is 3.56. The van der Waals surface area contributed by atoms with E-state index in [0.29, 0.717) is 19.5 Å². The van der Waals surface area contributed by atoms with Crippen LogP contribution in [0.5, 0.6) is 0 Å². The molecule has 0 aliphatic carbocycles. The molecular formula is C29H35N5O4. The molecule has 1 aromatic heterocycles. The Labute approximate surface area is 222 Å². The number of aliphatic hydroxyl groups excluding tert-OH is 1. The number of esters is 1. The molecule has 2 aliphatic rings.